The maximum Gasteiger partial charge on any atom is 0.214 e. The van der Waals surface area contributed by atoms with Crippen molar-refractivity contribution in [1.29, 1.82) is 5.26 Å². The molecule has 4 rings (SSSR count). The Labute approximate surface area is 172 Å². The number of nitrogens with zero attached hydrogens (tertiary/aromatic N) is 4. The molecule has 0 unspecified atom stereocenters. The number of rotatable bonds is 6. The highest BCUT2D eigenvalue weighted by Crippen LogP contribution is 2.29. The average molecular weight is 399 g/mol. The van der Waals surface area contributed by atoms with Crippen molar-refractivity contribution < 1.29 is 4.74 Å². The first-order valence-electron chi connectivity index (χ1n) is 8.94. The van der Waals surface area contributed by atoms with Crippen molar-refractivity contribution in [1.82, 2.24) is 15.0 Å². The summed E-state index contributed by atoms with van der Waals surface area (Å²) in [5, 5.41) is 14.6. The Morgan fingerprint density at radius 3 is 2.52 bits per heavy atom. The fraction of sp³-hybridized carbons (Fsp3) is 0.0909. The molecule has 0 spiro atoms. The smallest absolute Gasteiger partial charge is 0.214 e. The molecule has 142 valence electrons. The molecule has 0 saturated carbocycles. The van der Waals surface area contributed by atoms with Gasteiger partial charge < -0.3 is 10.1 Å². The van der Waals surface area contributed by atoms with Crippen molar-refractivity contribution >= 4 is 22.3 Å². The molecule has 0 fully saturated rings. The number of benzene rings is 1. The van der Waals surface area contributed by atoms with E-state index in [1.165, 1.54) is 0 Å². The van der Waals surface area contributed by atoms with Gasteiger partial charge in [-0.15, -0.1) is 11.3 Å². The van der Waals surface area contributed by atoms with Crippen LogP contribution in [0.4, 0.5) is 10.9 Å². The highest BCUT2D eigenvalue weighted by molar-refractivity contribution is 7.14. The molecule has 0 aliphatic rings. The van der Waals surface area contributed by atoms with E-state index in [1.54, 1.807) is 23.6 Å². The molecule has 0 saturated heterocycles. The minimum atomic E-state index is -0.00846. The lowest BCUT2D eigenvalue weighted by Gasteiger charge is -2.05. The van der Waals surface area contributed by atoms with Gasteiger partial charge in [-0.2, -0.15) is 5.26 Å². The van der Waals surface area contributed by atoms with E-state index in [0.29, 0.717) is 5.88 Å². The van der Waals surface area contributed by atoms with Crippen LogP contribution in [0.1, 0.15) is 5.69 Å². The second kappa shape index (κ2) is 8.50. The van der Waals surface area contributed by atoms with E-state index in [1.807, 2.05) is 66.9 Å². The normalized spacial score (nSPS) is 10.3. The van der Waals surface area contributed by atoms with Crippen molar-refractivity contribution in [3.05, 3.63) is 71.9 Å². The van der Waals surface area contributed by atoms with Crippen LogP contribution >= 0.6 is 11.3 Å². The summed E-state index contributed by atoms with van der Waals surface area (Å²) in [4.78, 5) is 13.3. The Morgan fingerprint density at radius 1 is 1.00 bits per heavy atom. The Hall–Kier alpha value is -3.76. The van der Waals surface area contributed by atoms with Gasteiger partial charge in [0.1, 0.15) is 11.9 Å². The van der Waals surface area contributed by atoms with Gasteiger partial charge in [-0.05, 0) is 30.7 Å². The molecule has 0 aliphatic heterocycles. The predicted molar refractivity (Wildman–Crippen MR) is 114 cm³/mol. The highest BCUT2D eigenvalue weighted by atomic mass is 32.1. The third-order valence-corrected chi connectivity index (χ3v) is 4.92. The highest BCUT2D eigenvalue weighted by Gasteiger charge is 2.07. The molecule has 3 heterocycles. The van der Waals surface area contributed by atoms with Gasteiger partial charge in [0.05, 0.1) is 5.69 Å². The summed E-state index contributed by atoms with van der Waals surface area (Å²) < 4.78 is 5.18. The molecule has 0 aliphatic carbocycles. The van der Waals surface area contributed by atoms with Crippen LogP contribution < -0.4 is 10.1 Å². The molecular weight excluding hydrogens is 382 g/mol. The van der Waals surface area contributed by atoms with E-state index in [-0.39, 0.29) is 6.61 Å². The number of nitrogens with one attached hydrogen (secondary N) is 1. The number of aromatic nitrogens is 3. The number of hydrogen-bond acceptors (Lipinski definition) is 7. The van der Waals surface area contributed by atoms with Crippen LogP contribution in [0.2, 0.25) is 0 Å². The molecule has 6 nitrogen and oxygen atoms in total. The van der Waals surface area contributed by atoms with Gasteiger partial charge in [0.25, 0.3) is 0 Å². The minimum Gasteiger partial charge on any atom is -0.462 e. The molecule has 1 aromatic carbocycles. The average Bonchev–Trinajstić information content (AvgIpc) is 3.21. The van der Waals surface area contributed by atoms with Gasteiger partial charge in [-0.1, -0.05) is 30.3 Å². The zero-order valence-corrected chi connectivity index (χ0v) is 16.5. The first-order valence-corrected chi connectivity index (χ1v) is 9.82. The van der Waals surface area contributed by atoms with Crippen LogP contribution in [0.25, 0.3) is 22.4 Å². The van der Waals surface area contributed by atoms with E-state index in [2.05, 4.69) is 20.3 Å². The van der Waals surface area contributed by atoms with Crippen LogP contribution in [0.3, 0.4) is 0 Å². The Morgan fingerprint density at radius 2 is 1.79 bits per heavy atom. The van der Waals surface area contributed by atoms with E-state index < -0.39 is 0 Å². The zero-order valence-electron chi connectivity index (χ0n) is 15.7. The number of hydrogen-bond donors (Lipinski definition) is 1. The maximum absolute atomic E-state index is 8.55. The van der Waals surface area contributed by atoms with E-state index in [9.17, 15) is 0 Å². The van der Waals surface area contributed by atoms with Crippen molar-refractivity contribution in [2.24, 2.45) is 0 Å². The number of anilines is 2. The molecule has 0 atom stereocenters. The third kappa shape index (κ3) is 4.57. The molecule has 0 radical (unpaired) electrons. The fourth-order valence-electron chi connectivity index (χ4n) is 2.76. The molecule has 0 bridgehead atoms. The Bertz CT molecular complexity index is 1150. The van der Waals surface area contributed by atoms with Crippen molar-refractivity contribution in [3.63, 3.8) is 0 Å². The monoisotopic (exact) mass is 399 g/mol. The maximum atomic E-state index is 8.55. The lowest BCUT2D eigenvalue weighted by atomic mass is 10.0. The van der Waals surface area contributed by atoms with E-state index in [4.69, 9.17) is 10.00 Å². The molecule has 0 amide bonds. The molecule has 29 heavy (non-hydrogen) atoms. The molecular formula is C22H17N5OS. The molecule has 1 N–H and O–H groups in total. The minimum absolute atomic E-state index is 0.00846. The summed E-state index contributed by atoms with van der Waals surface area (Å²) in [6.07, 6.45) is 1.74. The summed E-state index contributed by atoms with van der Waals surface area (Å²) in [7, 11) is 0. The van der Waals surface area contributed by atoms with Crippen LogP contribution in [-0.2, 0) is 0 Å². The number of pyridine rings is 2. The number of ether oxygens (including phenoxy) is 1. The van der Waals surface area contributed by atoms with Crippen LogP contribution in [0.5, 0.6) is 5.88 Å². The fourth-order valence-corrected chi connectivity index (χ4v) is 3.49. The van der Waals surface area contributed by atoms with Crippen molar-refractivity contribution in [2.45, 2.75) is 6.92 Å². The van der Waals surface area contributed by atoms with Crippen LogP contribution in [0.15, 0.2) is 66.2 Å². The lowest BCUT2D eigenvalue weighted by molar-refractivity contribution is 0.353. The lowest BCUT2D eigenvalue weighted by Crippen LogP contribution is -1.95. The molecule has 7 heteroatoms. The quantitative estimate of drug-likeness (QED) is 0.478. The molecule has 4 aromatic rings. The van der Waals surface area contributed by atoms with Gasteiger partial charge in [0, 0.05) is 34.5 Å². The van der Waals surface area contributed by atoms with Gasteiger partial charge >= 0.3 is 0 Å². The topological polar surface area (TPSA) is 83.7 Å². The summed E-state index contributed by atoms with van der Waals surface area (Å²) >= 11 is 1.54. The second-order valence-corrected chi connectivity index (χ2v) is 7.09. The largest absolute Gasteiger partial charge is 0.462 e. The van der Waals surface area contributed by atoms with Crippen LogP contribution in [-0.4, -0.2) is 21.6 Å². The predicted octanol–water partition coefficient (Wildman–Crippen LogP) is 5.22. The summed E-state index contributed by atoms with van der Waals surface area (Å²) in [6, 6.07) is 19.6. The first kappa shape index (κ1) is 18.6. The van der Waals surface area contributed by atoms with E-state index >= 15 is 0 Å². The third-order valence-electron chi connectivity index (χ3n) is 4.16. The number of thiazole rings is 1. The molecule has 3 aromatic heterocycles. The first-order chi connectivity index (χ1) is 14.2. The summed E-state index contributed by atoms with van der Waals surface area (Å²) in [5.41, 5.74) is 4.94. The number of nitriles is 1. The van der Waals surface area contributed by atoms with Crippen molar-refractivity contribution in [2.75, 3.05) is 11.9 Å². The zero-order chi connectivity index (χ0) is 20.1. The Kier molecular flexibility index (Phi) is 5.45. The van der Waals surface area contributed by atoms with E-state index in [0.717, 1.165) is 39.0 Å². The Balaban J connectivity index is 1.47. The standard InChI is InChI=1S/C22H17N5OS/c1-15-3-2-4-20(25-15)27-22-26-19(14-29-22)17-7-5-16(6-8-17)18-9-10-21(24-13-18)28-12-11-23/h2-10,13-14H,12H2,1H3,(H,25,26,27). The van der Waals surface area contributed by atoms with Crippen molar-refractivity contribution in [3.8, 4) is 34.3 Å². The van der Waals surface area contributed by atoms with Gasteiger partial charge in [-0.3, -0.25) is 0 Å². The summed E-state index contributed by atoms with van der Waals surface area (Å²) in [5.74, 6) is 1.23. The summed E-state index contributed by atoms with van der Waals surface area (Å²) in [6.45, 7) is 1.95. The van der Waals surface area contributed by atoms with Crippen LogP contribution in [0, 0.1) is 18.3 Å². The second-order valence-electron chi connectivity index (χ2n) is 6.24. The SMILES string of the molecule is Cc1cccc(Nc2nc(-c3ccc(-c4ccc(OCC#N)nc4)cc3)cs2)n1. The van der Waals surface area contributed by atoms with Gasteiger partial charge in [0.2, 0.25) is 5.88 Å². The number of aryl methyl sites for hydroxylation is 1. The van der Waals surface area contributed by atoms with Gasteiger partial charge in [-0.25, -0.2) is 15.0 Å². The van der Waals surface area contributed by atoms with Gasteiger partial charge in [0.15, 0.2) is 11.7 Å².